The molecule has 12 heteroatoms. The SMILES string of the molecule is CCCCOP(=O)(Cc1ccc(C(Br)(Br)P(=O)(OCCCC)OCCCC)c(Br)c1Br)OCCCC. The van der Waals surface area contributed by atoms with Gasteiger partial charge in [0.05, 0.1) is 32.6 Å². The van der Waals surface area contributed by atoms with Gasteiger partial charge >= 0.3 is 15.2 Å². The molecular formula is C24H40Br4O6P2. The Morgan fingerprint density at radius 3 is 1.53 bits per heavy atom. The summed E-state index contributed by atoms with van der Waals surface area (Å²) in [6, 6.07) is 3.65. The van der Waals surface area contributed by atoms with Crippen molar-refractivity contribution < 1.29 is 27.2 Å². The quantitative estimate of drug-likeness (QED) is 0.0743. The van der Waals surface area contributed by atoms with Crippen molar-refractivity contribution in [2.45, 2.75) is 88.2 Å². The highest BCUT2D eigenvalue weighted by Crippen LogP contribution is 2.73. The molecule has 0 heterocycles. The summed E-state index contributed by atoms with van der Waals surface area (Å²) in [4.78, 5) is 0. The number of hydrogen-bond acceptors (Lipinski definition) is 6. The maximum Gasteiger partial charge on any atom is 0.362 e. The van der Waals surface area contributed by atoms with Crippen LogP contribution in [0.4, 0.5) is 0 Å². The van der Waals surface area contributed by atoms with E-state index in [1.165, 1.54) is 0 Å². The van der Waals surface area contributed by atoms with Gasteiger partial charge in [-0.2, -0.15) is 0 Å². The van der Waals surface area contributed by atoms with Crippen molar-refractivity contribution in [3.8, 4) is 0 Å². The van der Waals surface area contributed by atoms with E-state index in [2.05, 4.69) is 77.6 Å². The van der Waals surface area contributed by atoms with Crippen LogP contribution in [-0.4, -0.2) is 26.4 Å². The minimum absolute atomic E-state index is 0.120. The lowest BCUT2D eigenvalue weighted by molar-refractivity contribution is 0.196. The van der Waals surface area contributed by atoms with Crippen LogP contribution in [0.25, 0.3) is 0 Å². The Bertz CT molecular complexity index is 856. The average Bonchev–Trinajstić information content (AvgIpc) is 2.82. The van der Waals surface area contributed by atoms with Gasteiger partial charge in [-0.25, -0.2) is 0 Å². The van der Waals surface area contributed by atoms with Gasteiger partial charge in [0.25, 0.3) is 0 Å². The Balaban J connectivity index is 3.30. The van der Waals surface area contributed by atoms with Crippen molar-refractivity contribution >= 4 is 78.9 Å². The van der Waals surface area contributed by atoms with Crippen LogP contribution in [0.15, 0.2) is 21.1 Å². The third kappa shape index (κ3) is 10.8. The minimum Gasteiger partial charge on any atom is -0.308 e. The predicted molar refractivity (Wildman–Crippen MR) is 164 cm³/mol. The van der Waals surface area contributed by atoms with E-state index in [-0.39, 0.29) is 6.16 Å². The molecule has 0 spiro atoms. The fraction of sp³-hybridized carbons (Fsp3) is 0.750. The van der Waals surface area contributed by atoms with Gasteiger partial charge in [-0.3, -0.25) is 9.13 Å². The van der Waals surface area contributed by atoms with Crippen LogP contribution in [0.5, 0.6) is 0 Å². The van der Waals surface area contributed by atoms with Crippen LogP contribution in [0, 0.1) is 0 Å². The van der Waals surface area contributed by atoms with Crippen LogP contribution in [0.2, 0.25) is 0 Å². The molecule has 0 bridgehead atoms. The summed E-state index contributed by atoms with van der Waals surface area (Å²) < 4.78 is 50.9. The molecule has 210 valence electrons. The third-order valence-electron chi connectivity index (χ3n) is 5.28. The zero-order valence-electron chi connectivity index (χ0n) is 21.7. The molecule has 0 unspecified atom stereocenters. The highest BCUT2D eigenvalue weighted by molar-refractivity contribution is 9.26. The molecule has 36 heavy (non-hydrogen) atoms. The van der Waals surface area contributed by atoms with Gasteiger partial charge in [-0.05, 0) is 63.1 Å². The van der Waals surface area contributed by atoms with Crippen molar-refractivity contribution in [1.82, 2.24) is 0 Å². The Labute approximate surface area is 251 Å². The topological polar surface area (TPSA) is 71.1 Å². The molecule has 0 aliphatic rings. The Hall–Kier alpha value is 1.44. The summed E-state index contributed by atoms with van der Waals surface area (Å²) in [6.45, 7) is 9.62. The first-order valence-corrected chi connectivity index (χ1v) is 19.1. The highest BCUT2D eigenvalue weighted by atomic mass is 79.9. The fourth-order valence-electron chi connectivity index (χ4n) is 2.98. The smallest absolute Gasteiger partial charge is 0.308 e. The molecule has 1 aromatic carbocycles. The van der Waals surface area contributed by atoms with E-state index in [1.54, 1.807) is 0 Å². The second-order valence-electron chi connectivity index (χ2n) is 8.46. The summed E-state index contributed by atoms with van der Waals surface area (Å²) in [5.41, 5.74) is 1.38. The summed E-state index contributed by atoms with van der Waals surface area (Å²) in [5, 5.41) is 0. The zero-order chi connectivity index (χ0) is 27.2. The first-order valence-electron chi connectivity index (χ1n) is 12.6. The van der Waals surface area contributed by atoms with Gasteiger partial charge in [0, 0.05) is 14.5 Å². The van der Waals surface area contributed by atoms with E-state index in [4.69, 9.17) is 18.1 Å². The van der Waals surface area contributed by atoms with Crippen molar-refractivity contribution in [3.05, 3.63) is 32.2 Å². The second kappa shape index (κ2) is 18.0. The maximum absolute atomic E-state index is 14.0. The molecule has 6 nitrogen and oxygen atoms in total. The van der Waals surface area contributed by atoms with Crippen LogP contribution in [-0.2, 0) is 36.4 Å². The van der Waals surface area contributed by atoms with Gasteiger partial charge in [0.15, 0.2) is 0 Å². The number of unbranched alkanes of at least 4 members (excludes halogenated alkanes) is 4. The zero-order valence-corrected chi connectivity index (χ0v) is 29.8. The van der Waals surface area contributed by atoms with Crippen LogP contribution in [0.1, 0.15) is 90.2 Å². The summed E-state index contributed by atoms with van der Waals surface area (Å²) in [7, 11) is -7.02. The van der Waals surface area contributed by atoms with E-state index >= 15 is 0 Å². The van der Waals surface area contributed by atoms with Gasteiger partial charge in [-0.1, -0.05) is 97.4 Å². The molecule has 0 aliphatic heterocycles. The van der Waals surface area contributed by atoms with Crippen molar-refractivity contribution in [1.29, 1.82) is 0 Å². The molecule has 0 amide bonds. The number of benzene rings is 1. The third-order valence-corrected chi connectivity index (χ3v) is 14.9. The molecule has 0 aromatic heterocycles. The van der Waals surface area contributed by atoms with E-state index in [0.717, 1.165) is 56.9 Å². The normalized spacial score (nSPS) is 12.9. The highest BCUT2D eigenvalue weighted by Gasteiger charge is 2.50. The monoisotopic (exact) mass is 802 g/mol. The van der Waals surface area contributed by atoms with Crippen molar-refractivity contribution in [3.63, 3.8) is 0 Å². The van der Waals surface area contributed by atoms with Crippen LogP contribution < -0.4 is 0 Å². The number of rotatable bonds is 20. The van der Waals surface area contributed by atoms with E-state index in [9.17, 15) is 9.13 Å². The molecule has 0 atom stereocenters. The predicted octanol–water partition coefficient (Wildman–Crippen LogP) is 11.3. The lowest BCUT2D eigenvalue weighted by Crippen LogP contribution is -2.17. The Morgan fingerprint density at radius 1 is 0.694 bits per heavy atom. The van der Waals surface area contributed by atoms with E-state index < -0.39 is 18.2 Å². The second-order valence-corrected chi connectivity index (χ2v) is 18.9. The molecule has 1 aromatic rings. The number of halogens is 4. The molecule has 0 aliphatic carbocycles. The van der Waals surface area contributed by atoms with Gasteiger partial charge in [0.1, 0.15) is 0 Å². The molecule has 0 radical (unpaired) electrons. The van der Waals surface area contributed by atoms with Crippen molar-refractivity contribution in [2.24, 2.45) is 0 Å². The molecule has 0 fully saturated rings. The lowest BCUT2D eigenvalue weighted by Gasteiger charge is -2.31. The van der Waals surface area contributed by atoms with E-state index in [1.807, 2.05) is 26.0 Å². The Morgan fingerprint density at radius 2 is 1.11 bits per heavy atom. The molecule has 0 N–H and O–H groups in total. The fourth-order valence-corrected chi connectivity index (χ4v) is 10.3. The van der Waals surface area contributed by atoms with Gasteiger partial charge < -0.3 is 18.1 Å². The summed E-state index contributed by atoms with van der Waals surface area (Å²) in [6.07, 6.45) is 7.00. The molecule has 0 saturated carbocycles. The molecule has 1 rings (SSSR count). The first kappa shape index (κ1) is 35.5. The molecule has 0 saturated heterocycles. The molecular weight excluding hydrogens is 766 g/mol. The maximum atomic E-state index is 14.0. The average molecular weight is 806 g/mol. The lowest BCUT2D eigenvalue weighted by atomic mass is 10.2. The number of hydrogen-bond donors (Lipinski definition) is 0. The van der Waals surface area contributed by atoms with E-state index in [0.29, 0.717) is 40.9 Å². The largest absolute Gasteiger partial charge is 0.362 e. The van der Waals surface area contributed by atoms with Gasteiger partial charge in [-0.15, -0.1) is 0 Å². The van der Waals surface area contributed by atoms with Gasteiger partial charge in [0.2, 0.25) is 2.97 Å². The first-order chi connectivity index (χ1) is 17.0. The minimum atomic E-state index is -3.66. The van der Waals surface area contributed by atoms with Crippen molar-refractivity contribution in [2.75, 3.05) is 26.4 Å². The number of alkyl halides is 2. The van der Waals surface area contributed by atoms with Crippen LogP contribution in [0.3, 0.4) is 0 Å². The Kier molecular flexibility index (Phi) is 17.7. The summed E-state index contributed by atoms with van der Waals surface area (Å²) in [5.74, 6) is 0. The van der Waals surface area contributed by atoms with Crippen LogP contribution >= 0.6 is 78.9 Å². The standard InChI is InChI=1S/C24H40Br4O6P2/c1-5-9-15-31-35(29,32-16-10-6-2)19-20-13-14-21(23(26)22(20)25)24(27,28)36(30,33-17-11-7-3)34-18-12-8-4/h13-14H,5-12,15-19H2,1-4H3. The summed E-state index contributed by atoms with van der Waals surface area (Å²) >= 11 is 14.5.